The van der Waals surface area contributed by atoms with Gasteiger partial charge in [0.15, 0.2) is 0 Å². The number of rotatable bonds is 6. The monoisotopic (exact) mass is 517 g/mol. The number of halogens is 2. The van der Waals surface area contributed by atoms with E-state index in [1.807, 2.05) is 29.2 Å². The molecule has 0 spiro atoms. The Morgan fingerprint density at radius 2 is 1.94 bits per heavy atom. The average molecular weight is 518 g/mol. The molecule has 0 aromatic carbocycles. The van der Waals surface area contributed by atoms with Crippen molar-refractivity contribution in [1.82, 2.24) is 24.6 Å². The predicted octanol–water partition coefficient (Wildman–Crippen LogP) is 4.70. The molecule has 0 atom stereocenters. The van der Waals surface area contributed by atoms with Crippen molar-refractivity contribution in [3.63, 3.8) is 0 Å². The zero-order valence-corrected chi connectivity index (χ0v) is 20.8. The highest BCUT2D eigenvalue weighted by molar-refractivity contribution is 8.04. The van der Waals surface area contributed by atoms with Gasteiger partial charge in [-0.3, -0.25) is 14.0 Å². The number of thioether (sulfide) groups is 1. The Balaban J connectivity index is 0.00000274. The van der Waals surface area contributed by atoms with E-state index >= 15 is 0 Å². The minimum Gasteiger partial charge on any atom is -0.352 e. The fourth-order valence-electron chi connectivity index (χ4n) is 4.39. The Labute approximate surface area is 213 Å². The fourth-order valence-corrected chi connectivity index (χ4v) is 5.51. The summed E-state index contributed by atoms with van der Waals surface area (Å²) in [5.41, 5.74) is 2.40. The van der Waals surface area contributed by atoms with Gasteiger partial charge >= 0.3 is 0 Å². The number of nitrogens with one attached hydrogen (secondary N) is 1. The van der Waals surface area contributed by atoms with Crippen LogP contribution in [0.3, 0.4) is 0 Å². The normalized spacial score (nSPS) is 15.6. The van der Waals surface area contributed by atoms with E-state index in [0.29, 0.717) is 28.1 Å². The zero-order chi connectivity index (χ0) is 22.8. The van der Waals surface area contributed by atoms with Gasteiger partial charge < -0.3 is 10.2 Å². The molecule has 2 amide bonds. The van der Waals surface area contributed by atoms with Crippen molar-refractivity contribution in [3.8, 4) is 0 Å². The number of piperidine rings is 1. The molecule has 3 aromatic rings. The summed E-state index contributed by atoms with van der Waals surface area (Å²) in [6.07, 6.45) is 9.17. The highest BCUT2D eigenvalue weighted by Crippen LogP contribution is 2.34. The van der Waals surface area contributed by atoms with Crippen LogP contribution < -0.4 is 5.32 Å². The summed E-state index contributed by atoms with van der Waals surface area (Å²) >= 11 is 7.28. The van der Waals surface area contributed by atoms with Gasteiger partial charge in [-0.25, -0.2) is 9.97 Å². The number of amides is 2. The minimum absolute atomic E-state index is 0. The van der Waals surface area contributed by atoms with E-state index in [4.69, 9.17) is 11.6 Å². The van der Waals surface area contributed by atoms with Gasteiger partial charge in [-0.05, 0) is 61.9 Å². The average Bonchev–Trinajstić information content (AvgIpc) is 3.26. The van der Waals surface area contributed by atoms with Crippen molar-refractivity contribution in [1.29, 1.82) is 0 Å². The minimum atomic E-state index is -0.0403. The molecular formula is C24H25Cl2N5O2S. The van der Waals surface area contributed by atoms with E-state index in [9.17, 15) is 9.59 Å². The van der Waals surface area contributed by atoms with Gasteiger partial charge in [0.25, 0.3) is 11.8 Å². The number of imidazole rings is 1. The van der Waals surface area contributed by atoms with Crippen molar-refractivity contribution in [2.24, 2.45) is 5.92 Å². The topological polar surface area (TPSA) is 79.6 Å². The van der Waals surface area contributed by atoms with Gasteiger partial charge in [0.1, 0.15) is 10.8 Å². The van der Waals surface area contributed by atoms with Crippen LogP contribution in [-0.2, 0) is 4.79 Å². The fraction of sp³-hybridized carbons (Fsp3) is 0.333. The van der Waals surface area contributed by atoms with Gasteiger partial charge in [0, 0.05) is 25.8 Å². The van der Waals surface area contributed by atoms with E-state index in [0.717, 1.165) is 55.1 Å². The second kappa shape index (κ2) is 10.8. The maximum absolute atomic E-state index is 12.7. The van der Waals surface area contributed by atoms with Crippen LogP contribution >= 0.6 is 35.8 Å². The third-order valence-corrected chi connectivity index (χ3v) is 7.46. The molecule has 5 rings (SSSR count). The van der Waals surface area contributed by atoms with Crippen LogP contribution in [0, 0.1) is 5.92 Å². The first-order valence-corrected chi connectivity index (χ1v) is 12.3. The Morgan fingerprint density at radius 1 is 1.12 bits per heavy atom. The maximum Gasteiger partial charge on any atom is 0.258 e. The van der Waals surface area contributed by atoms with E-state index in [1.165, 1.54) is 18.0 Å². The number of hydrogen-bond acceptors (Lipinski definition) is 5. The molecule has 0 unspecified atom stereocenters. The second-order valence-electron chi connectivity index (χ2n) is 8.35. The molecule has 0 aliphatic carbocycles. The summed E-state index contributed by atoms with van der Waals surface area (Å²) in [4.78, 5) is 36.3. The van der Waals surface area contributed by atoms with E-state index in [1.54, 1.807) is 18.3 Å². The lowest BCUT2D eigenvalue weighted by atomic mass is 9.92. The van der Waals surface area contributed by atoms with Crippen LogP contribution in [-0.4, -0.2) is 50.7 Å². The lowest BCUT2D eigenvalue weighted by molar-refractivity contribution is -0.116. The van der Waals surface area contributed by atoms with Crippen LogP contribution in [0.25, 0.3) is 11.7 Å². The Morgan fingerprint density at radius 3 is 2.71 bits per heavy atom. The third kappa shape index (κ3) is 5.24. The van der Waals surface area contributed by atoms with Gasteiger partial charge in [-0.1, -0.05) is 29.4 Å². The number of nitrogens with zero attached hydrogens (tertiary/aromatic N) is 4. The zero-order valence-electron chi connectivity index (χ0n) is 18.4. The molecule has 1 fully saturated rings. The van der Waals surface area contributed by atoms with Crippen molar-refractivity contribution in [2.45, 2.75) is 30.7 Å². The third-order valence-electron chi connectivity index (χ3n) is 6.19. The highest BCUT2D eigenvalue weighted by Gasteiger charge is 2.24. The van der Waals surface area contributed by atoms with E-state index in [2.05, 4.69) is 19.7 Å². The number of hydrogen-bond donors (Lipinski definition) is 1. The van der Waals surface area contributed by atoms with Crippen molar-refractivity contribution in [3.05, 3.63) is 64.0 Å². The lowest BCUT2D eigenvalue weighted by Crippen LogP contribution is -2.38. The number of likely N-dealkylation sites (tertiary alicyclic amines) is 1. The molecule has 3 aromatic heterocycles. The largest absolute Gasteiger partial charge is 0.352 e. The summed E-state index contributed by atoms with van der Waals surface area (Å²) in [5, 5.41) is 4.45. The van der Waals surface area contributed by atoms with Crippen LogP contribution in [0.15, 0.2) is 52.7 Å². The standard InChI is InChI=1S/C24H24ClN5O2S.ClH/c25-20-7-6-17(14-27-20)24(32)29-11-8-16(9-12-29)3-2-10-26-23(31)19-13-18-15-28-21-4-1-5-22(33-19)30(18)21;/h1,4-7,13-16H,2-3,8-12H2,(H,26,31);1H. The van der Waals surface area contributed by atoms with E-state index in [-0.39, 0.29) is 24.2 Å². The summed E-state index contributed by atoms with van der Waals surface area (Å²) in [7, 11) is 0. The first kappa shape index (κ1) is 24.6. The van der Waals surface area contributed by atoms with Crippen molar-refractivity contribution in [2.75, 3.05) is 19.6 Å². The van der Waals surface area contributed by atoms with Gasteiger partial charge in [0.2, 0.25) is 0 Å². The van der Waals surface area contributed by atoms with Crippen LogP contribution in [0.2, 0.25) is 5.15 Å². The smallest absolute Gasteiger partial charge is 0.258 e. The first-order chi connectivity index (χ1) is 16.1. The van der Waals surface area contributed by atoms with E-state index < -0.39 is 0 Å². The molecule has 1 saturated heterocycles. The van der Waals surface area contributed by atoms with Crippen molar-refractivity contribution < 1.29 is 9.59 Å². The van der Waals surface area contributed by atoms with Crippen LogP contribution in [0.4, 0.5) is 0 Å². The molecule has 5 heterocycles. The molecule has 34 heavy (non-hydrogen) atoms. The Hall–Kier alpha value is -2.55. The molecule has 0 saturated carbocycles. The molecule has 2 aliphatic heterocycles. The Bertz CT molecular complexity index is 1220. The quantitative estimate of drug-likeness (QED) is 0.378. The van der Waals surface area contributed by atoms with Crippen molar-refractivity contribution >= 4 is 59.3 Å². The molecule has 0 radical (unpaired) electrons. The first-order valence-electron chi connectivity index (χ1n) is 11.1. The summed E-state index contributed by atoms with van der Waals surface area (Å²) in [6.45, 7) is 2.15. The Kier molecular flexibility index (Phi) is 7.80. The highest BCUT2D eigenvalue weighted by atomic mass is 35.5. The predicted molar refractivity (Wildman–Crippen MR) is 136 cm³/mol. The second-order valence-corrected chi connectivity index (χ2v) is 9.80. The molecule has 1 N–H and O–H groups in total. The number of aromatic nitrogens is 3. The van der Waals surface area contributed by atoms with Gasteiger partial charge in [-0.15, -0.1) is 12.4 Å². The van der Waals surface area contributed by atoms with Crippen LogP contribution in [0.5, 0.6) is 0 Å². The van der Waals surface area contributed by atoms with Crippen LogP contribution in [0.1, 0.15) is 41.7 Å². The number of carbonyl (C=O) groups excluding carboxylic acids is 2. The lowest BCUT2D eigenvalue weighted by Gasteiger charge is -2.32. The number of pyridine rings is 2. The SMILES string of the molecule is Cl.O=C(NCCCC1CCN(C(=O)c2ccc(Cl)nc2)CC1)C1=Cc2cnc3cccc(n23)S1. The number of carbonyl (C=O) groups is 2. The maximum atomic E-state index is 12.7. The molecule has 0 bridgehead atoms. The summed E-state index contributed by atoms with van der Waals surface area (Å²) < 4.78 is 2.06. The summed E-state index contributed by atoms with van der Waals surface area (Å²) in [6, 6.07) is 9.29. The molecule has 178 valence electrons. The summed E-state index contributed by atoms with van der Waals surface area (Å²) in [5.74, 6) is 0.547. The molecule has 7 nitrogen and oxygen atoms in total. The molecule has 10 heteroatoms. The molecular weight excluding hydrogens is 493 g/mol. The van der Waals surface area contributed by atoms with Gasteiger partial charge in [0.05, 0.1) is 27.4 Å². The molecule has 2 aliphatic rings. The van der Waals surface area contributed by atoms with Gasteiger partial charge in [-0.2, -0.15) is 0 Å².